The molecule has 0 saturated carbocycles. The van der Waals surface area contributed by atoms with E-state index in [1.807, 2.05) is 43.3 Å². The van der Waals surface area contributed by atoms with Gasteiger partial charge in [0.15, 0.2) is 0 Å². The lowest BCUT2D eigenvalue weighted by Gasteiger charge is -2.04. The predicted octanol–water partition coefficient (Wildman–Crippen LogP) is 4.87. The van der Waals surface area contributed by atoms with Gasteiger partial charge in [-0.3, -0.25) is 0 Å². The van der Waals surface area contributed by atoms with Gasteiger partial charge in [-0.05, 0) is 36.8 Å². The molecule has 3 aromatic rings. The van der Waals surface area contributed by atoms with Gasteiger partial charge < -0.3 is 14.5 Å². The van der Waals surface area contributed by atoms with E-state index in [0.29, 0.717) is 12.2 Å². The lowest BCUT2D eigenvalue weighted by molar-refractivity contribution is 0.340. The molecule has 5 nitrogen and oxygen atoms in total. The Kier molecular flexibility index (Phi) is 5.85. The fourth-order valence-electron chi connectivity index (χ4n) is 2.43. The van der Waals surface area contributed by atoms with Crippen LogP contribution in [0.4, 0.5) is 10.3 Å². The molecule has 3 rings (SSSR count). The molecule has 0 aliphatic heterocycles. The normalized spacial score (nSPS) is 10.7. The van der Waals surface area contributed by atoms with Crippen LogP contribution in [-0.2, 0) is 6.54 Å². The zero-order valence-corrected chi connectivity index (χ0v) is 14.8. The molecule has 2 aromatic carbocycles. The van der Waals surface area contributed by atoms with Crippen LogP contribution in [0.15, 0.2) is 52.9 Å². The maximum absolute atomic E-state index is 13.7. The van der Waals surface area contributed by atoms with E-state index < -0.39 is 0 Å². The van der Waals surface area contributed by atoms with Gasteiger partial charge in [0.2, 0.25) is 17.5 Å². The molecule has 27 heavy (non-hydrogen) atoms. The molecule has 1 aromatic heterocycles. The second kappa shape index (κ2) is 8.68. The molecule has 0 aliphatic rings. The van der Waals surface area contributed by atoms with E-state index in [-0.39, 0.29) is 29.8 Å². The SMILES string of the molecule is CCOc1ccc(/C=C/c2nc(C#N)c(NCc3ccccc3F)o2)cc1. The summed E-state index contributed by atoms with van der Waals surface area (Å²) in [7, 11) is 0. The maximum atomic E-state index is 13.7. The Balaban J connectivity index is 1.70. The van der Waals surface area contributed by atoms with Crippen molar-refractivity contribution in [2.45, 2.75) is 13.5 Å². The molecule has 0 saturated heterocycles. The molecule has 0 spiro atoms. The van der Waals surface area contributed by atoms with Crippen molar-refractivity contribution in [1.29, 1.82) is 5.26 Å². The van der Waals surface area contributed by atoms with E-state index in [4.69, 9.17) is 9.15 Å². The van der Waals surface area contributed by atoms with Gasteiger partial charge in [-0.25, -0.2) is 4.39 Å². The third-order valence-corrected chi connectivity index (χ3v) is 3.76. The fraction of sp³-hybridized carbons (Fsp3) is 0.143. The number of nitriles is 1. The van der Waals surface area contributed by atoms with Crippen LogP contribution in [0.25, 0.3) is 12.2 Å². The molecule has 6 heteroatoms. The molecule has 0 amide bonds. The number of nitrogens with one attached hydrogen (secondary N) is 1. The molecule has 1 heterocycles. The van der Waals surface area contributed by atoms with Crippen molar-refractivity contribution >= 4 is 18.0 Å². The van der Waals surface area contributed by atoms with Crippen LogP contribution < -0.4 is 10.1 Å². The van der Waals surface area contributed by atoms with Crippen molar-refractivity contribution < 1.29 is 13.5 Å². The summed E-state index contributed by atoms with van der Waals surface area (Å²) in [4.78, 5) is 4.13. The zero-order valence-electron chi connectivity index (χ0n) is 14.8. The first-order valence-electron chi connectivity index (χ1n) is 8.48. The molecule has 0 bridgehead atoms. The maximum Gasteiger partial charge on any atom is 0.232 e. The molecule has 1 N–H and O–H groups in total. The van der Waals surface area contributed by atoms with E-state index in [0.717, 1.165) is 11.3 Å². The van der Waals surface area contributed by atoms with Crippen LogP contribution in [0.5, 0.6) is 5.75 Å². The minimum atomic E-state index is -0.321. The molecular weight excluding hydrogens is 345 g/mol. The third-order valence-electron chi connectivity index (χ3n) is 3.76. The van der Waals surface area contributed by atoms with Crippen LogP contribution in [0, 0.1) is 17.1 Å². The molecule has 0 unspecified atom stereocenters. The summed E-state index contributed by atoms with van der Waals surface area (Å²) >= 11 is 0. The summed E-state index contributed by atoms with van der Waals surface area (Å²) in [6.07, 6.45) is 3.49. The number of hydrogen-bond acceptors (Lipinski definition) is 5. The number of benzene rings is 2. The first-order chi connectivity index (χ1) is 13.2. The number of hydrogen-bond donors (Lipinski definition) is 1. The number of halogens is 1. The Morgan fingerprint density at radius 1 is 1.19 bits per heavy atom. The molecule has 0 radical (unpaired) electrons. The average Bonchev–Trinajstić information content (AvgIpc) is 3.09. The topological polar surface area (TPSA) is 71.1 Å². The van der Waals surface area contributed by atoms with Gasteiger partial charge in [-0.15, -0.1) is 0 Å². The van der Waals surface area contributed by atoms with Crippen molar-refractivity contribution in [3.8, 4) is 11.8 Å². The molecule has 136 valence electrons. The van der Waals surface area contributed by atoms with Gasteiger partial charge in [-0.2, -0.15) is 10.2 Å². The third kappa shape index (κ3) is 4.73. The van der Waals surface area contributed by atoms with Crippen molar-refractivity contribution in [2.75, 3.05) is 11.9 Å². The summed E-state index contributed by atoms with van der Waals surface area (Å²) in [5.74, 6) is 0.986. The highest BCUT2D eigenvalue weighted by Gasteiger charge is 2.12. The number of nitrogens with zero attached hydrogens (tertiary/aromatic N) is 2. The summed E-state index contributed by atoms with van der Waals surface area (Å²) < 4.78 is 24.7. The first-order valence-corrected chi connectivity index (χ1v) is 8.48. The summed E-state index contributed by atoms with van der Waals surface area (Å²) in [5.41, 5.74) is 1.54. The largest absolute Gasteiger partial charge is 0.494 e. The van der Waals surface area contributed by atoms with E-state index in [2.05, 4.69) is 10.3 Å². The van der Waals surface area contributed by atoms with E-state index >= 15 is 0 Å². The molecule has 0 fully saturated rings. The Hall–Kier alpha value is -3.59. The Morgan fingerprint density at radius 3 is 2.67 bits per heavy atom. The Bertz CT molecular complexity index is 972. The van der Waals surface area contributed by atoms with Crippen LogP contribution in [0.3, 0.4) is 0 Å². The first kappa shape index (κ1) is 18.2. The predicted molar refractivity (Wildman–Crippen MR) is 101 cm³/mol. The highest BCUT2D eigenvalue weighted by molar-refractivity contribution is 5.67. The van der Waals surface area contributed by atoms with Crippen molar-refractivity contribution in [2.24, 2.45) is 0 Å². The van der Waals surface area contributed by atoms with Gasteiger partial charge in [0, 0.05) is 18.2 Å². The second-order valence-corrected chi connectivity index (χ2v) is 5.62. The number of anilines is 1. The van der Waals surface area contributed by atoms with Crippen molar-refractivity contribution in [3.05, 3.63) is 77.1 Å². The number of ether oxygens (including phenoxy) is 1. The van der Waals surface area contributed by atoms with E-state index in [1.165, 1.54) is 6.07 Å². The van der Waals surface area contributed by atoms with Crippen LogP contribution in [0.1, 0.15) is 29.6 Å². The Morgan fingerprint density at radius 2 is 1.96 bits per heavy atom. The highest BCUT2D eigenvalue weighted by Crippen LogP contribution is 2.20. The van der Waals surface area contributed by atoms with Gasteiger partial charge in [0.1, 0.15) is 17.6 Å². The van der Waals surface area contributed by atoms with E-state index in [9.17, 15) is 9.65 Å². The lowest BCUT2D eigenvalue weighted by atomic mass is 10.2. The highest BCUT2D eigenvalue weighted by atomic mass is 19.1. The van der Waals surface area contributed by atoms with Crippen LogP contribution in [0.2, 0.25) is 0 Å². The average molecular weight is 363 g/mol. The van der Waals surface area contributed by atoms with Crippen LogP contribution in [-0.4, -0.2) is 11.6 Å². The minimum absolute atomic E-state index is 0.123. The Labute approximate surface area is 156 Å². The summed E-state index contributed by atoms with van der Waals surface area (Å²) in [5, 5.41) is 12.1. The smallest absolute Gasteiger partial charge is 0.232 e. The molecule has 0 atom stereocenters. The minimum Gasteiger partial charge on any atom is -0.494 e. The molecular formula is C21H18FN3O2. The number of rotatable bonds is 7. The second-order valence-electron chi connectivity index (χ2n) is 5.62. The summed E-state index contributed by atoms with van der Waals surface area (Å²) in [6.45, 7) is 2.74. The quantitative estimate of drug-likeness (QED) is 0.649. The van der Waals surface area contributed by atoms with Gasteiger partial charge in [0.05, 0.1) is 6.61 Å². The number of oxazole rings is 1. The molecule has 0 aliphatic carbocycles. The van der Waals surface area contributed by atoms with Crippen molar-refractivity contribution in [3.63, 3.8) is 0 Å². The fourth-order valence-corrected chi connectivity index (χ4v) is 2.43. The standard InChI is InChI=1S/C21H18FN3O2/c1-2-26-17-10-7-15(8-11-17)9-12-20-25-19(13-23)21(27-20)24-14-16-5-3-4-6-18(16)22/h3-12,24H,2,14H2,1H3/b12-9+. The van der Waals surface area contributed by atoms with Gasteiger partial charge in [-0.1, -0.05) is 30.3 Å². The van der Waals surface area contributed by atoms with Crippen LogP contribution >= 0.6 is 0 Å². The van der Waals surface area contributed by atoms with Gasteiger partial charge in [0.25, 0.3) is 0 Å². The van der Waals surface area contributed by atoms with Crippen molar-refractivity contribution in [1.82, 2.24) is 4.98 Å². The zero-order chi connectivity index (χ0) is 19.1. The summed E-state index contributed by atoms with van der Waals surface area (Å²) in [6, 6.07) is 16.0. The van der Waals surface area contributed by atoms with E-state index in [1.54, 1.807) is 24.3 Å². The monoisotopic (exact) mass is 363 g/mol. The number of aromatic nitrogens is 1. The van der Waals surface area contributed by atoms with Gasteiger partial charge >= 0.3 is 0 Å². The lowest BCUT2D eigenvalue weighted by Crippen LogP contribution is -2.01.